The number of aliphatic carboxylic acids is 2. The molecule has 0 radical (unpaired) electrons. The van der Waals surface area contributed by atoms with Gasteiger partial charge in [-0.25, -0.2) is 9.59 Å². The van der Waals surface area contributed by atoms with Crippen LogP contribution in [0, 0.1) is 0 Å². The summed E-state index contributed by atoms with van der Waals surface area (Å²) >= 11 is 0. The van der Waals surface area contributed by atoms with Crippen LogP contribution < -0.4 is 4.74 Å². The van der Waals surface area contributed by atoms with E-state index in [1.54, 1.807) is 7.11 Å². The van der Waals surface area contributed by atoms with Crippen LogP contribution in [0.15, 0.2) is 97.1 Å². The van der Waals surface area contributed by atoms with Gasteiger partial charge in [0.25, 0.3) is 0 Å². The van der Waals surface area contributed by atoms with E-state index in [0.717, 1.165) is 51.3 Å². The number of carbonyl (C=O) groups is 2. The second-order valence-corrected chi connectivity index (χ2v) is 9.12. The molecule has 7 heteroatoms. The average Bonchev–Trinajstić information content (AvgIpc) is 2.95. The van der Waals surface area contributed by atoms with Gasteiger partial charge in [-0.2, -0.15) is 0 Å². The van der Waals surface area contributed by atoms with Gasteiger partial charge in [-0.1, -0.05) is 72.8 Å². The van der Waals surface area contributed by atoms with E-state index >= 15 is 0 Å². The number of piperazine rings is 1. The third kappa shape index (κ3) is 9.84. The highest BCUT2D eigenvalue weighted by atomic mass is 16.5. The lowest BCUT2D eigenvalue weighted by Gasteiger charge is -2.39. The first kappa shape index (κ1) is 28.6. The van der Waals surface area contributed by atoms with E-state index in [1.165, 1.54) is 16.7 Å². The maximum absolute atomic E-state index is 9.55. The topological polar surface area (TPSA) is 90.3 Å². The van der Waals surface area contributed by atoms with E-state index in [9.17, 15) is 9.59 Å². The molecule has 1 aliphatic rings. The Hall–Kier alpha value is -3.94. The Labute approximate surface area is 224 Å². The van der Waals surface area contributed by atoms with Gasteiger partial charge in [-0.05, 0) is 41.7 Å². The van der Waals surface area contributed by atoms with Crippen molar-refractivity contribution < 1.29 is 24.5 Å². The van der Waals surface area contributed by atoms with Crippen LogP contribution in [0.2, 0.25) is 0 Å². The quantitative estimate of drug-likeness (QED) is 0.371. The van der Waals surface area contributed by atoms with Crippen LogP contribution in [-0.4, -0.2) is 65.2 Å². The fraction of sp³-hybridized carbons (Fsp3) is 0.290. The second kappa shape index (κ2) is 15.3. The Morgan fingerprint density at radius 1 is 0.789 bits per heavy atom. The Morgan fingerprint density at radius 2 is 1.32 bits per heavy atom. The highest BCUT2D eigenvalue weighted by molar-refractivity contribution is 5.89. The molecule has 1 unspecified atom stereocenters. The molecule has 0 spiro atoms. The predicted molar refractivity (Wildman–Crippen MR) is 148 cm³/mol. The smallest absolute Gasteiger partial charge is 0.328 e. The summed E-state index contributed by atoms with van der Waals surface area (Å²) in [6.07, 6.45) is 3.35. The van der Waals surface area contributed by atoms with Crippen LogP contribution in [0.25, 0.3) is 0 Å². The standard InChI is InChI=1S/C27H32N2O.C4H4O4/c1-30-26-15-13-25(14-16-26)27(17-12-23-8-4-2-5-9-23)29-20-18-28(19-21-29)22-24-10-6-3-7-11-24;5-3(6)1-2-4(7)8/h2-11,13-16,27H,12,17-22H2,1H3;1-2H,(H,5,6)(H,7,8)/b;2-1-. The number of hydrogen-bond acceptors (Lipinski definition) is 5. The van der Waals surface area contributed by atoms with E-state index in [0.29, 0.717) is 18.2 Å². The van der Waals surface area contributed by atoms with Crippen LogP contribution in [0.5, 0.6) is 5.75 Å². The molecule has 7 nitrogen and oxygen atoms in total. The molecule has 1 heterocycles. The summed E-state index contributed by atoms with van der Waals surface area (Å²) < 4.78 is 5.37. The molecule has 200 valence electrons. The summed E-state index contributed by atoms with van der Waals surface area (Å²) in [5.41, 5.74) is 4.21. The van der Waals surface area contributed by atoms with Gasteiger partial charge in [0.15, 0.2) is 0 Å². The number of ether oxygens (including phenoxy) is 1. The molecular weight excluding hydrogens is 480 g/mol. The highest BCUT2D eigenvalue weighted by Crippen LogP contribution is 2.29. The first-order valence-electron chi connectivity index (χ1n) is 12.8. The zero-order valence-corrected chi connectivity index (χ0v) is 21.8. The third-order valence-corrected chi connectivity index (χ3v) is 6.51. The lowest BCUT2D eigenvalue weighted by molar-refractivity contribution is -0.134. The number of rotatable bonds is 10. The fourth-order valence-electron chi connectivity index (χ4n) is 4.55. The van der Waals surface area contributed by atoms with Gasteiger partial charge in [-0.15, -0.1) is 0 Å². The van der Waals surface area contributed by atoms with Crippen molar-refractivity contribution in [3.63, 3.8) is 0 Å². The number of hydrogen-bond donors (Lipinski definition) is 2. The number of carboxylic acids is 2. The zero-order chi connectivity index (χ0) is 27.2. The van der Waals surface area contributed by atoms with Gasteiger partial charge in [0.1, 0.15) is 5.75 Å². The Bertz CT molecular complexity index is 1130. The molecule has 1 aliphatic heterocycles. The lowest BCUT2D eigenvalue weighted by Crippen LogP contribution is -2.47. The molecule has 38 heavy (non-hydrogen) atoms. The first-order valence-corrected chi connectivity index (χ1v) is 12.8. The molecule has 0 aliphatic carbocycles. The Kier molecular flexibility index (Phi) is 11.6. The van der Waals surface area contributed by atoms with Crippen LogP contribution in [0.1, 0.15) is 29.2 Å². The maximum atomic E-state index is 9.55. The van der Waals surface area contributed by atoms with Crippen molar-refractivity contribution in [2.24, 2.45) is 0 Å². The van der Waals surface area contributed by atoms with Gasteiger partial charge >= 0.3 is 11.9 Å². The summed E-state index contributed by atoms with van der Waals surface area (Å²) in [6, 6.07) is 30.8. The molecule has 3 aromatic carbocycles. The molecule has 0 saturated carbocycles. The van der Waals surface area contributed by atoms with Gasteiger partial charge in [0.2, 0.25) is 0 Å². The number of carboxylic acid groups (broad SMARTS) is 2. The minimum atomic E-state index is -1.26. The summed E-state index contributed by atoms with van der Waals surface area (Å²) in [4.78, 5) is 24.4. The third-order valence-electron chi connectivity index (χ3n) is 6.51. The molecule has 1 fully saturated rings. The van der Waals surface area contributed by atoms with Crippen molar-refractivity contribution in [1.82, 2.24) is 9.80 Å². The number of nitrogens with zero attached hydrogens (tertiary/aromatic N) is 2. The fourth-order valence-corrected chi connectivity index (χ4v) is 4.55. The Balaban J connectivity index is 0.000000436. The average molecular weight is 517 g/mol. The minimum absolute atomic E-state index is 0.440. The molecule has 0 amide bonds. The van der Waals surface area contributed by atoms with E-state index in [2.05, 4.69) is 94.7 Å². The minimum Gasteiger partial charge on any atom is -0.497 e. The molecule has 0 bridgehead atoms. The molecule has 1 atom stereocenters. The van der Waals surface area contributed by atoms with Crippen LogP contribution in [0.3, 0.4) is 0 Å². The van der Waals surface area contributed by atoms with E-state index in [-0.39, 0.29) is 0 Å². The summed E-state index contributed by atoms with van der Waals surface area (Å²) in [6.45, 7) is 5.50. The normalized spacial score (nSPS) is 14.9. The summed E-state index contributed by atoms with van der Waals surface area (Å²) in [5, 5.41) is 15.6. The Morgan fingerprint density at radius 3 is 1.82 bits per heavy atom. The van der Waals surface area contributed by atoms with E-state index < -0.39 is 11.9 Å². The molecule has 4 rings (SSSR count). The van der Waals surface area contributed by atoms with Crippen molar-refractivity contribution in [1.29, 1.82) is 0 Å². The molecule has 3 aromatic rings. The monoisotopic (exact) mass is 516 g/mol. The first-order chi connectivity index (χ1) is 18.4. The van der Waals surface area contributed by atoms with Crippen LogP contribution in [0.4, 0.5) is 0 Å². The molecular formula is C31H36N2O5. The van der Waals surface area contributed by atoms with Crippen molar-refractivity contribution in [2.45, 2.75) is 25.4 Å². The van der Waals surface area contributed by atoms with E-state index in [4.69, 9.17) is 14.9 Å². The maximum Gasteiger partial charge on any atom is 0.328 e. The van der Waals surface area contributed by atoms with Crippen molar-refractivity contribution in [3.8, 4) is 5.75 Å². The van der Waals surface area contributed by atoms with Gasteiger partial charge in [0, 0.05) is 50.9 Å². The summed E-state index contributed by atoms with van der Waals surface area (Å²) in [5.74, 6) is -1.59. The van der Waals surface area contributed by atoms with Crippen molar-refractivity contribution >= 4 is 11.9 Å². The van der Waals surface area contributed by atoms with Crippen molar-refractivity contribution in [2.75, 3.05) is 33.3 Å². The van der Waals surface area contributed by atoms with E-state index in [1.807, 2.05) is 0 Å². The predicted octanol–water partition coefficient (Wildman–Crippen LogP) is 4.90. The molecule has 2 N–H and O–H groups in total. The molecule has 1 saturated heterocycles. The lowest BCUT2D eigenvalue weighted by atomic mass is 9.96. The number of aryl methyl sites for hydroxylation is 1. The zero-order valence-electron chi connectivity index (χ0n) is 21.8. The number of methoxy groups -OCH3 is 1. The molecule has 0 aromatic heterocycles. The number of benzene rings is 3. The second-order valence-electron chi connectivity index (χ2n) is 9.12. The van der Waals surface area contributed by atoms with Crippen LogP contribution >= 0.6 is 0 Å². The SMILES string of the molecule is COc1ccc(C(CCc2ccccc2)N2CCN(Cc3ccccc3)CC2)cc1.O=C(O)/C=C\C(=O)O. The largest absolute Gasteiger partial charge is 0.497 e. The highest BCUT2D eigenvalue weighted by Gasteiger charge is 2.25. The van der Waals surface area contributed by atoms with Gasteiger partial charge in [0.05, 0.1) is 7.11 Å². The van der Waals surface area contributed by atoms with Crippen LogP contribution in [-0.2, 0) is 22.6 Å². The van der Waals surface area contributed by atoms with Gasteiger partial charge in [-0.3, -0.25) is 9.80 Å². The summed E-state index contributed by atoms with van der Waals surface area (Å²) in [7, 11) is 1.73. The van der Waals surface area contributed by atoms with Crippen molar-refractivity contribution in [3.05, 3.63) is 114 Å². The van der Waals surface area contributed by atoms with Gasteiger partial charge < -0.3 is 14.9 Å².